The molecule has 1 atom stereocenters. The van der Waals surface area contributed by atoms with Gasteiger partial charge in [-0.3, -0.25) is 9.69 Å². The van der Waals surface area contributed by atoms with Crippen LogP contribution in [-0.4, -0.2) is 43.6 Å². The molecule has 4 nitrogen and oxygen atoms in total. The maximum atomic E-state index is 12.2. The van der Waals surface area contributed by atoms with Gasteiger partial charge in [0.25, 0.3) is 5.91 Å². The summed E-state index contributed by atoms with van der Waals surface area (Å²) in [6.45, 7) is 5.98. The molecular formula is C20H24N2O2. The largest absolute Gasteiger partial charge is 0.371 e. The normalized spacial score (nSPS) is 18.3. The molecule has 1 N–H and O–H groups in total. The van der Waals surface area contributed by atoms with Gasteiger partial charge in [-0.25, -0.2) is 0 Å². The van der Waals surface area contributed by atoms with E-state index >= 15 is 0 Å². The van der Waals surface area contributed by atoms with Crippen molar-refractivity contribution >= 4 is 5.91 Å². The second-order valence-corrected chi connectivity index (χ2v) is 6.20. The minimum Gasteiger partial charge on any atom is -0.371 e. The van der Waals surface area contributed by atoms with Crippen LogP contribution in [0.4, 0.5) is 0 Å². The van der Waals surface area contributed by atoms with E-state index in [-0.39, 0.29) is 12.0 Å². The zero-order valence-corrected chi connectivity index (χ0v) is 14.1. The highest BCUT2D eigenvalue weighted by molar-refractivity contribution is 5.94. The maximum absolute atomic E-state index is 12.2. The van der Waals surface area contributed by atoms with Gasteiger partial charge in [0.15, 0.2) is 0 Å². The monoisotopic (exact) mass is 324 g/mol. The molecule has 24 heavy (non-hydrogen) atoms. The number of hydrogen-bond acceptors (Lipinski definition) is 3. The predicted octanol–water partition coefficient (Wildman–Crippen LogP) is 2.80. The molecular weight excluding hydrogens is 300 g/mol. The molecule has 3 rings (SSSR count). The first kappa shape index (κ1) is 16.7. The summed E-state index contributed by atoms with van der Waals surface area (Å²) in [7, 11) is 0. The number of aryl methyl sites for hydroxylation is 1. The third-order valence-electron chi connectivity index (χ3n) is 4.32. The molecule has 0 aliphatic carbocycles. The number of rotatable bonds is 5. The smallest absolute Gasteiger partial charge is 0.251 e. The van der Waals surface area contributed by atoms with Crippen LogP contribution in [0.2, 0.25) is 0 Å². The summed E-state index contributed by atoms with van der Waals surface area (Å²) in [6.07, 6.45) is 0.118. The predicted molar refractivity (Wildman–Crippen MR) is 95.1 cm³/mol. The zero-order valence-electron chi connectivity index (χ0n) is 14.1. The van der Waals surface area contributed by atoms with Gasteiger partial charge in [0, 0.05) is 31.7 Å². The first-order valence-electron chi connectivity index (χ1n) is 8.46. The summed E-state index contributed by atoms with van der Waals surface area (Å²) in [5, 5.41) is 3.01. The molecule has 126 valence electrons. The van der Waals surface area contributed by atoms with Crippen molar-refractivity contribution < 1.29 is 9.53 Å². The van der Waals surface area contributed by atoms with Crippen molar-refractivity contribution in [2.24, 2.45) is 0 Å². The van der Waals surface area contributed by atoms with Crippen molar-refractivity contribution in [2.75, 3.05) is 32.8 Å². The third-order valence-corrected chi connectivity index (χ3v) is 4.32. The fourth-order valence-electron chi connectivity index (χ4n) is 2.99. The molecule has 2 aromatic rings. The van der Waals surface area contributed by atoms with Gasteiger partial charge in [-0.05, 0) is 24.6 Å². The Bertz CT molecular complexity index is 672. The number of carbonyl (C=O) groups is 1. The van der Waals surface area contributed by atoms with Crippen molar-refractivity contribution in [3.8, 4) is 0 Å². The summed E-state index contributed by atoms with van der Waals surface area (Å²) in [4.78, 5) is 14.5. The highest BCUT2D eigenvalue weighted by Crippen LogP contribution is 2.21. The summed E-state index contributed by atoms with van der Waals surface area (Å²) >= 11 is 0. The van der Waals surface area contributed by atoms with Crippen molar-refractivity contribution in [3.05, 3.63) is 71.3 Å². The van der Waals surface area contributed by atoms with Gasteiger partial charge < -0.3 is 10.1 Å². The van der Waals surface area contributed by atoms with E-state index in [1.165, 1.54) is 5.56 Å². The first-order chi connectivity index (χ1) is 11.7. The lowest BCUT2D eigenvalue weighted by molar-refractivity contribution is -0.0293. The van der Waals surface area contributed by atoms with Gasteiger partial charge in [0.05, 0.1) is 12.7 Å². The summed E-state index contributed by atoms with van der Waals surface area (Å²) in [5.41, 5.74) is 3.03. The number of ether oxygens (including phenoxy) is 1. The average molecular weight is 324 g/mol. The van der Waals surface area contributed by atoms with Crippen LogP contribution in [0.25, 0.3) is 0 Å². The third kappa shape index (κ3) is 4.43. The second-order valence-electron chi connectivity index (χ2n) is 6.20. The quantitative estimate of drug-likeness (QED) is 0.919. The number of nitrogens with zero attached hydrogens (tertiary/aromatic N) is 1. The molecule has 0 aromatic heterocycles. The maximum Gasteiger partial charge on any atom is 0.251 e. The van der Waals surface area contributed by atoms with Crippen LogP contribution >= 0.6 is 0 Å². The molecule has 1 fully saturated rings. The lowest BCUT2D eigenvalue weighted by Crippen LogP contribution is -2.42. The first-order valence-corrected chi connectivity index (χ1v) is 8.46. The van der Waals surface area contributed by atoms with Crippen LogP contribution in [0.3, 0.4) is 0 Å². The van der Waals surface area contributed by atoms with E-state index in [9.17, 15) is 4.79 Å². The van der Waals surface area contributed by atoms with Crippen LogP contribution in [-0.2, 0) is 4.74 Å². The Labute approximate surface area is 143 Å². The molecule has 1 unspecified atom stereocenters. The molecule has 2 aromatic carbocycles. The molecule has 1 amide bonds. The van der Waals surface area contributed by atoms with Gasteiger partial charge in [0.1, 0.15) is 0 Å². The fraction of sp³-hybridized carbons (Fsp3) is 0.350. The molecule has 0 spiro atoms. The number of nitrogens with one attached hydrogen (secondary N) is 1. The number of hydrogen-bond donors (Lipinski definition) is 1. The SMILES string of the molecule is Cc1cccc(C(=O)NCCN2CCOC(c3ccccc3)C2)c1. The van der Waals surface area contributed by atoms with Crippen LogP contribution in [0.1, 0.15) is 27.6 Å². The number of morpholine rings is 1. The topological polar surface area (TPSA) is 41.6 Å². The molecule has 4 heteroatoms. The van der Waals surface area contributed by atoms with Crippen molar-refractivity contribution in [1.29, 1.82) is 0 Å². The Kier molecular flexibility index (Phi) is 5.62. The van der Waals surface area contributed by atoms with E-state index < -0.39 is 0 Å². The van der Waals surface area contributed by atoms with Gasteiger partial charge in [-0.1, -0.05) is 48.0 Å². The summed E-state index contributed by atoms with van der Waals surface area (Å²) < 4.78 is 5.88. The van der Waals surface area contributed by atoms with Gasteiger partial charge >= 0.3 is 0 Å². The minimum atomic E-state index is -0.00781. The Hall–Kier alpha value is -2.17. The Balaban J connectivity index is 1.47. The van der Waals surface area contributed by atoms with E-state index in [1.807, 2.05) is 49.4 Å². The van der Waals surface area contributed by atoms with E-state index in [0.717, 1.165) is 37.4 Å². The zero-order chi connectivity index (χ0) is 16.8. The molecule has 1 aliphatic rings. The molecule has 0 saturated carbocycles. The van der Waals surface area contributed by atoms with E-state index in [4.69, 9.17) is 4.74 Å². The van der Waals surface area contributed by atoms with E-state index in [0.29, 0.717) is 6.54 Å². The number of benzene rings is 2. The lowest BCUT2D eigenvalue weighted by atomic mass is 10.1. The molecule has 1 aliphatic heterocycles. The van der Waals surface area contributed by atoms with Crippen molar-refractivity contribution in [1.82, 2.24) is 10.2 Å². The van der Waals surface area contributed by atoms with Crippen LogP contribution in [0.5, 0.6) is 0 Å². The van der Waals surface area contributed by atoms with Crippen LogP contribution in [0, 0.1) is 6.92 Å². The highest BCUT2D eigenvalue weighted by atomic mass is 16.5. The Morgan fingerprint density at radius 2 is 2.04 bits per heavy atom. The second kappa shape index (κ2) is 8.08. The standard InChI is InChI=1S/C20H24N2O2/c1-16-6-5-9-18(14-16)20(23)21-10-11-22-12-13-24-19(15-22)17-7-3-2-4-8-17/h2-9,14,19H,10-13,15H2,1H3,(H,21,23). The molecule has 0 bridgehead atoms. The number of carbonyl (C=O) groups excluding carboxylic acids is 1. The molecule has 1 heterocycles. The average Bonchev–Trinajstić information content (AvgIpc) is 2.63. The van der Waals surface area contributed by atoms with Gasteiger partial charge in [-0.15, -0.1) is 0 Å². The van der Waals surface area contributed by atoms with Gasteiger partial charge in [-0.2, -0.15) is 0 Å². The lowest BCUT2D eigenvalue weighted by Gasteiger charge is -2.33. The van der Waals surface area contributed by atoms with E-state index in [2.05, 4.69) is 22.3 Å². The van der Waals surface area contributed by atoms with Crippen LogP contribution < -0.4 is 5.32 Å². The summed E-state index contributed by atoms with van der Waals surface area (Å²) in [6, 6.07) is 18.0. The van der Waals surface area contributed by atoms with Crippen molar-refractivity contribution in [2.45, 2.75) is 13.0 Å². The summed E-state index contributed by atoms with van der Waals surface area (Å²) in [5.74, 6) is -0.00781. The molecule has 0 radical (unpaired) electrons. The van der Waals surface area contributed by atoms with Gasteiger partial charge in [0.2, 0.25) is 0 Å². The fourth-order valence-corrected chi connectivity index (χ4v) is 2.99. The number of amides is 1. The highest BCUT2D eigenvalue weighted by Gasteiger charge is 2.21. The van der Waals surface area contributed by atoms with E-state index in [1.54, 1.807) is 0 Å². The molecule has 1 saturated heterocycles. The van der Waals surface area contributed by atoms with Crippen molar-refractivity contribution in [3.63, 3.8) is 0 Å². The Morgan fingerprint density at radius 1 is 1.21 bits per heavy atom. The van der Waals surface area contributed by atoms with Crippen LogP contribution in [0.15, 0.2) is 54.6 Å². The minimum absolute atomic E-state index is 0.00781. The Morgan fingerprint density at radius 3 is 2.83 bits per heavy atom.